The van der Waals surface area contributed by atoms with E-state index in [9.17, 15) is 9.59 Å². The summed E-state index contributed by atoms with van der Waals surface area (Å²) in [4.78, 5) is 27.1. The zero-order valence-electron chi connectivity index (χ0n) is 17.2. The Kier molecular flexibility index (Phi) is 8.95. The highest BCUT2D eigenvalue weighted by Gasteiger charge is 2.18. The maximum atomic E-state index is 12.5. The average Bonchev–Trinajstić information content (AvgIpc) is 2.75. The number of methoxy groups -OCH3 is 2. The molecule has 7 nitrogen and oxygen atoms in total. The van der Waals surface area contributed by atoms with Gasteiger partial charge in [0.2, 0.25) is 5.91 Å². The van der Waals surface area contributed by atoms with Gasteiger partial charge in [0.15, 0.2) is 0 Å². The number of rotatable bonds is 7. The van der Waals surface area contributed by atoms with Crippen molar-refractivity contribution < 1.29 is 31.5 Å². The number of carbonyl (C=O) groups is 2. The molecule has 0 aliphatic carbocycles. The fourth-order valence-electron chi connectivity index (χ4n) is 3.39. The number of ether oxygens (including phenoxy) is 2. The molecular formula is C22H27ClN3O4-. The van der Waals surface area contributed by atoms with Gasteiger partial charge >= 0.3 is 0 Å². The van der Waals surface area contributed by atoms with Crippen LogP contribution in [0.5, 0.6) is 11.5 Å². The van der Waals surface area contributed by atoms with Crippen molar-refractivity contribution in [2.45, 2.75) is 19.3 Å². The Labute approximate surface area is 183 Å². The highest BCUT2D eigenvalue weighted by atomic mass is 35.5. The summed E-state index contributed by atoms with van der Waals surface area (Å²) in [5, 5.41) is 5.73. The minimum Gasteiger partial charge on any atom is -1.00 e. The van der Waals surface area contributed by atoms with E-state index >= 15 is 0 Å². The molecule has 30 heavy (non-hydrogen) atoms. The Bertz CT molecular complexity index is 855. The van der Waals surface area contributed by atoms with E-state index in [4.69, 9.17) is 9.47 Å². The molecule has 2 N–H and O–H groups in total. The van der Waals surface area contributed by atoms with Crippen molar-refractivity contribution in [3.8, 4) is 11.5 Å². The molecule has 2 aromatic rings. The molecule has 2 aromatic carbocycles. The lowest BCUT2D eigenvalue weighted by Crippen LogP contribution is -3.00. The van der Waals surface area contributed by atoms with E-state index < -0.39 is 0 Å². The Morgan fingerprint density at radius 1 is 0.900 bits per heavy atom. The molecule has 1 fully saturated rings. The van der Waals surface area contributed by atoms with Crippen molar-refractivity contribution in [2.24, 2.45) is 0 Å². The fraction of sp³-hybridized carbons (Fsp3) is 0.364. The van der Waals surface area contributed by atoms with E-state index in [2.05, 4.69) is 15.5 Å². The molecule has 1 aliphatic heterocycles. The Balaban J connectivity index is 0.00000320. The van der Waals surface area contributed by atoms with Crippen LogP contribution in [0.3, 0.4) is 0 Å². The van der Waals surface area contributed by atoms with Crippen LogP contribution in [0, 0.1) is 0 Å². The Morgan fingerprint density at radius 3 is 2.03 bits per heavy atom. The van der Waals surface area contributed by atoms with E-state index in [0.29, 0.717) is 35.0 Å². The first kappa shape index (κ1) is 23.5. The third kappa shape index (κ3) is 6.11. The Hall–Kier alpha value is -2.77. The number of carbonyl (C=O) groups excluding carboxylic acids is 2. The number of piperidine rings is 1. The van der Waals surface area contributed by atoms with E-state index in [0.717, 1.165) is 25.9 Å². The summed E-state index contributed by atoms with van der Waals surface area (Å²) in [5.74, 6) is 0.519. The van der Waals surface area contributed by atoms with Gasteiger partial charge in [-0.1, -0.05) is 24.6 Å². The number of hydrogen-bond acceptors (Lipinski definition) is 5. The number of hydrogen-bond donors (Lipinski definition) is 2. The predicted octanol–water partition coefficient (Wildman–Crippen LogP) is 0.385. The van der Waals surface area contributed by atoms with E-state index in [-0.39, 0.29) is 24.2 Å². The predicted molar refractivity (Wildman–Crippen MR) is 113 cm³/mol. The topological polar surface area (TPSA) is 79.9 Å². The number of nitrogens with one attached hydrogen (secondary N) is 2. The number of nitrogens with zero attached hydrogens (tertiary/aromatic N) is 1. The Morgan fingerprint density at radius 2 is 1.47 bits per heavy atom. The number of halogens is 1. The van der Waals surface area contributed by atoms with Crippen molar-refractivity contribution in [1.29, 1.82) is 0 Å². The second-order valence-corrected chi connectivity index (χ2v) is 6.96. The molecule has 0 aromatic heterocycles. The molecule has 0 bridgehead atoms. The van der Waals surface area contributed by atoms with Crippen LogP contribution in [0.25, 0.3) is 0 Å². The summed E-state index contributed by atoms with van der Waals surface area (Å²) in [6.45, 7) is 2.23. The van der Waals surface area contributed by atoms with E-state index in [1.807, 2.05) is 6.07 Å². The lowest BCUT2D eigenvalue weighted by Gasteiger charge is -2.25. The molecule has 0 atom stereocenters. The summed E-state index contributed by atoms with van der Waals surface area (Å²) in [5.41, 5.74) is 1.50. The van der Waals surface area contributed by atoms with Crippen LogP contribution < -0.4 is 32.5 Å². The molecule has 0 saturated carbocycles. The van der Waals surface area contributed by atoms with Gasteiger partial charge in [-0.3, -0.25) is 14.5 Å². The van der Waals surface area contributed by atoms with Crippen LogP contribution in [0.2, 0.25) is 0 Å². The van der Waals surface area contributed by atoms with Crippen molar-refractivity contribution in [1.82, 2.24) is 4.90 Å². The fourth-order valence-corrected chi connectivity index (χ4v) is 3.39. The third-order valence-corrected chi connectivity index (χ3v) is 4.90. The van der Waals surface area contributed by atoms with E-state index in [1.165, 1.54) is 20.6 Å². The second kappa shape index (κ2) is 11.4. The lowest BCUT2D eigenvalue weighted by molar-refractivity contribution is -0.117. The van der Waals surface area contributed by atoms with Crippen LogP contribution >= 0.6 is 0 Å². The van der Waals surface area contributed by atoms with Gasteiger partial charge in [0, 0.05) is 17.7 Å². The van der Waals surface area contributed by atoms with Gasteiger partial charge < -0.3 is 32.5 Å². The van der Waals surface area contributed by atoms with Gasteiger partial charge in [0.25, 0.3) is 5.91 Å². The summed E-state index contributed by atoms with van der Waals surface area (Å²) >= 11 is 0. The van der Waals surface area contributed by atoms with Crippen molar-refractivity contribution in [3.63, 3.8) is 0 Å². The first-order valence-corrected chi connectivity index (χ1v) is 9.75. The van der Waals surface area contributed by atoms with Crippen LogP contribution in [-0.4, -0.2) is 50.6 Å². The highest BCUT2D eigenvalue weighted by molar-refractivity contribution is 6.05. The normalized spacial score (nSPS) is 13.7. The monoisotopic (exact) mass is 432 g/mol. The highest BCUT2D eigenvalue weighted by Crippen LogP contribution is 2.36. The maximum absolute atomic E-state index is 12.5. The molecule has 162 valence electrons. The van der Waals surface area contributed by atoms with Crippen LogP contribution in [0.4, 0.5) is 11.4 Å². The minimum atomic E-state index is -0.257. The quantitative estimate of drug-likeness (QED) is 0.661. The zero-order chi connectivity index (χ0) is 20.6. The molecule has 1 aliphatic rings. The zero-order valence-corrected chi connectivity index (χ0v) is 18.0. The molecule has 0 spiro atoms. The third-order valence-electron chi connectivity index (χ3n) is 4.90. The smallest absolute Gasteiger partial charge is 0.255 e. The molecule has 0 unspecified atom stereocenters. The van der Waals surface area contributed by atoms with Crippen LogP contribution in [0.15, 0.2) is 42.5 Å². The van der Waals surface area contributed by atoms with Gasteiger partial charge in [-0.25, -0.2) is 0 Å². The SMILES string of the molecule is COc1cc(NC(=O)c2ccccc2)c(OC)cc1NC(=O)CN1CCCCC1.[Cl-]. The molecule has 1 saturated heterocycles. The van der Waals surface area contributed by atoms with Crippen molar-refractivity contribution >= 4 is 23.2 Å². The first-order valence-electron chi connectivity index (χ1n) is 9.75. The molecular weight excluding hydrogens is 406 g/mol. The molecule has 3 rings (SSSR count). The largest absolute Gasteiger partial charge is 1.00 e. The lowest BCUT2D eigenvalue weighted by atomic mass is 10.1. The van der Waals surface area contributed by atoms with Crippen molar-refractivity contribution in [2.75, 3.05) is 44.5 Å². The molecule has 2 amide bonds. The number of benzene rings is 2. The molecule has 0 radical (unpaired) electrons. The number of anilines is 2. The van der Waals surface area contributed by atoms with E-state index in [1.54, 1.807) is 36.4 Å². The van der Waals surface area contributed by atoms with Gasteiger partial charge in [-0.2, -0.15) is 0 Å². The number of amides is 2. The van der Waals surface area contributed by atoms with Crippen LogP contribution in [-0.2, 0) is 4.79 Å². The minimum absolute atomic E-state index is 0. The summed E-state index contributed by atoms with van der Waals surface area (Å²) in [7, 11) is 3.03. The molecule has 8 heteroatoms. The van der Waals surface area contributed by atoms with Gasteiger partial charge in [0.05, 0.1) is 32.1 Å². The second-order valence-electron chi connectivity index (χ2n) is 6.96. The van der Waals surface area contributed by atoms with Gasteiger partial charge in [0.1, 0.15) is 11.5 Å². The van der Waals surface area contributed by atoms with Crippen molar-refractivity contribution in [3.05, 3.63) is 48.0 Å². The standard InChI is InChI=1S/C22H27N3O4.ClH/c1-28-19-14-18(24-22(27)16-9-5-3-6-10-16)20(29-2)13-17(19)23-21(26)15-25-11-7-4-8-12-25;/h3,5-6,9-10,13-14H,4,7-8,11-12,15H2,1-2H3,(H,23,26)(H,24,27);1H/p-1. The summed E-state index contributed by atoms with van der Waals surface area (Å²) in [6.07, 6.45) is 3.47. The summed E-state index contributed by atoms with van der Waals surface area (Å²) in [6, 6.07) is 12.2. The summed E-state index contributed by atoms with van der Waals surface area (Å²) < 4.78 is 10.9. The van der Waals surface area contributed by atoms with Gasteiger partial charge in [-0.05, 0) is 38.1 Å². The molecule has 1 heterocycles. The maximum Gasteiger partial charge on any atom is 0.255 e. The number of likely N-dealkylation sites (tertiary alicyclic amines) is 1. The first-order chi connectivity index (χ1) is 14.1. The average molecular weight is 433 g/mol. The van der Waals surface area contributed by atoms with Gasteiger partial charge in [-0.15, -0.1) is 0 Å². The van der Waals surface area contributed by atoms with Crippen LogP contribution in [0.1, 0.15) is 29.6 Å².